The predicted molar refractivity (Wildman–Crippen MR) is 69.6 cm³/mol. The van der Waals surface area contributed by atoms with E-state index in [1.54, 1.807) is 0 Å². The molecule has 0 aliphatic carbocycles. The number of fused-ring (bicyclic) bond motifs is 1. The number of rotatable bonds is 2. The summed E-state index contributed by atoms with van der Waals surface area (Å²) >= 11 is 3.62. The Labute approximate surface area is 110 Å². The third-order valence-electron chi connectivity index (χ3n) is 3.48. The average Bonchev–Trinajstić information content (AvgIpc) is 2.83. The molecule has 1 saturated heterocycles. The Bertz CT molecular complexity index is 416. The van der Waals surface area contributed by atoms with Crippen molar-refractivity contribution in [2.24, 2.45) is 5.92 Å². The van der Waals surface area contributed by atoms with E-state index >= 15 is 0 Å². The molecule has 2 aliphatic heterocycles. The van der Waals surface area contributed by atoms with Crippen LogP contribution in [0.15, 0.2) is 16.6 Å². The van der Waals surface area contributed by atoms with Crippen LogP contribution in [0.5, 0.6) is 11.5 Å². The monoisotopic (exact) mass is 297 g/mol. The Kier molecular flexibility index (Phi) is 3.25. The minimum Gasteiger partial charge on any atom is -0.454 e. The van der Waals surface area contributed by atoms with Crippen molar-refractivity contribution in [2.45, 2.75) is 19.3 Å². The third kappa shape index (κ3) is 2.29. The molecular formula is C13H16BrNO2. The van der Waals surface area contributed by atoms with Crippen molar-refractivity contribution in [1.29, 1.82) is 0 Å². The maximum atomic E-state index is 5.58. The first-order chi connectivity index (χ1) is 8.34. The fourth-order valence-electron chi connectivity index (χ4n) is 2.58. The SMILES string of the molecule is Brc1ccc2c(c1CC1CCCNC1)OCO2. The van der Waals surface area contributed by atoms with Gasteiger partial charge in [-0.2, -0.15) is 0 Å². The molecule has 92 valence electrons. The van der Waals surface area contributed by atoms with E-state index in [0.29, 0.717) is 12.7 Å². The van der Waals surface area contributed by atoms with Crippen LogP contribution in [0, 0.1) is 5.92 Å². The van der Waals surface area contributed by atoms with E-state index < -0.39 is 0 Å². The highest BCUT2D eigenvalue weighted by atomic mass is 79.9. The van der Waals surface area contributed by atoms with E-state index in [1.165, 1.54) is 18.4 Å². The van der Waals surface area contributed by atoms with Gasteiger partial charge in [0, 0.05) is 10.0 Å². The summed E-state index contributed by atoms with van der Waals surface area (Å²) in [6.07, 6.45) is 3.62. The molecular weight excluding hydrogens is 282 g/mol. The average molecular weight is 298 g/mol. The topological polar surface area (TPSA) is 30.5 Å². The fourth-order valence-corrected chi connectivity index (χ4v) is 3.06. The van der Waals surface area contributed by atoms with E-state index in [2.05, 4.69) is 27.3 Å². The summed E-state index contributed by atoms with van der Waals surface area (Å²) in [6, 6.07) is 4.02. The lowest BCUT2D eigenvalue weighted by Crippen LogP contribution is -2.30. The Morgan fingerprint density at radius 1 is 1.35 bits per heavy atom. The molecule has 0 aromatic heterocycles. The molecule has 0 saturated carbocycles. The molecule has 4 heteroatoms. The molecule has 17 heavy (non-hydrogen) atoms. The van der Waals surface area contributed by atoms with Crippen LogP contribution in [0.25, 0.3) is 0 Å². The molecule has 0 radical (unpaired) electrons. The zero-order valence-corrected chi connectivity index (χ0v) is 11.3. The molecule has 1 N–H and O–H groups in total. The van der Waals surface area contributed by atoms with Crippen LogP contribution in [0.2, 0.25) is 0 Å². The highest BCUT2D eigenvalue weighted by Gasteiger charge is 2.23. The minimum absolute atomic E-state index is 0.349. The third-order valence-corrected chi connectivity index (χ3v) is 4.22. The fraction of sp³-hybridized carbons (Fsp3) is 0.538. The number of piperidine rings is 1. The molecule has 1 fully saturated rings. The van der Waals surface area contributed by atoms with E-state index in [0.717, 1.165) is 35.5 Å². The minimum atomic E-state index is 0.349. The first-order valence-electron chi connectivity index (χ1n) is 6.12. The van der Waals surface area contributed by atoms with Crippen LogP contribution < -0.4 is 14.8 Å². The second kappa shape index (κ2) is 4.86. The molecule has 0 amide bonds. The summed E-state index contributed by atoms with van der Waals surface area (Å²) in [7, 11) is 0. The highest BCUT2D eigenvalue weighted by Crippen LogP contribution is 2.41. The van der Waals surface area contributed by atoms with Gasteiger partial charge in [0.15, 0.2) is 11.5 Å². The van der Waals surface area contributed by atoms with Crippen molar-refractivity contribution >= 4 is 15.9 Å². The van der Waals surface area contributed by atoms with Gasteiger partial charge in [-0.1, -0.05) is 15.9 Å². The number of halogens is 1. The van der Waals surface area contributed by atoms with E-state index in [-0.39, 0.29) is 0 Å². The number of ether oxygens (including phenoxy) is 2. The summed E-state index contributed by atoms with van der Waals surface area (Å²) in [5.41, 5.74) is 1.26. The number of nitrogens with one attached hydrogen (secondary N) is 1. The van der Waals surface area contributed by atoms with Gasteiger partial charge in [0.2, 0.25) is 6.79 Å². The summed E-state index contributed by atoms with van der Waals surface area (Å²) in [4.78, 5) is 0. The van der Waals surface area contributed by atoms with Crippen LogP contribution >= 0.6 is 15.9 Å². The van der Waals surface area contributed by atoms with Gasteiger partial charge >= 0.3 is 0 Å². The van der Waals surface area contributed by atoms with Crippen LogP contribution in [0.3, 0.4) is 0 Å². The molecule has 1 aromatic rings. The van der Waals surface area contributed by atoms with Gasteiger partial charge < -0.3 is 14.8 Å². The number of hydrogen-bond acceptors (Lipinski definition) is 3. The second-order valence-corrected chi connectivity index (χ2v) is 5.53. The Balaban J connectivity index is 1.84. The molecule has 1 aromatic carbocycles. The molecule has 2 heterocycles. The molecule has 2 aliphatic rings. The van der Waals surface area contributed by atoms with Crippen molar-refractivity contribution in [1.82, 2.24) is 5.32 Å². The van der Waals surface area contributed by atoms with Gasteiger partial charge in [-0.3, -0.25) is 0 Å². The van der Waals surface area contributed by atoms with Gasteiger partial charge in [0.25, 0.3) is 0 Å². The van der Waals surface area contributed by atoms with Crippen LogP contribution in [-0.4, -0.2) is 19.9 Å². The zero-order chi connectivity index (χ0) is 11.7. The lowest BCUT2D eigenvalue weighted by molar-refractivity contribution is 0.173. The first-order valence-corrected chi connectivity index (χ1v) is 6.91. The second-order valence-electron chi connectivity index (χ2n) is 4.68. The van der Waals surface area contributed by atoms with Crippen molar-refractivity contribution < 1.29 is 9.47 Å². The number of benzene rings is 1. The lowest BCUT2D eigenvalue weighted by Gasteiger charge is -2.23. The maximum Gasteiger partial charge on any atom is 0.231 e. The van der Waals surface area contributed by atoms with Gasteiger partial charge in [0.05, 0.1) is 0 Å². The van der Waals surface area contributed by atoms with Gasteiger partial charge in [-0.15, -0.1) is 0 Å². The standard InChI is InChI=1S/C13H16BrNO2/c14-11-3-4-12-13(17-8-16-12)10(11)6-9-2-1-5-15-7-9/h3-4,9,15H,1-2,5-8H2. The molecule has 3 rings (SSSR count). The van der Waals surface area contributed by atoms with E-state index in [9.17, 15) is 0 Å². The van der Waals surface area contributed by atoms with Crippen molar-refractivity contribution in [3.8, 4) is 11.5 Å². The van der Waals surface area contributed by atoms with E-state index in [4.69, 9.17) is 9.47 Å². The lowest BCUT2D eigenvalue weighted by atomic mass is 9.92. The predicted octanol–water partition coefficient (Wildman–Crippen LogP) is 2.72. The largest absolute Gasteiger partial charge is 0.454 e. The Hall–Kier alpha value is -0.740. The summed E-state index contributed by atoms with van der Waals surface area (Å²) in [5.74, 6) is 2.52. The highest BCUT2D eigenvalue weighted by molar-refractivity contribution is 9.10. The van der Waals surface area contributed by atoms with Crippen molar-refractivity contribution in [3.05, 3.63) is 22.2 Å². The number of hydrogen-bond donors (Lipinski definition) is 1. The summed E-state index contributed by atoms with van der Waals surface area (Å²) < 4.78 is 12.1. The molecule has 0 spiro atoms. The zero-order valence-electron chi connectivity index (χ0n) is 9.67. The van der Waals surface area contributed by atoms with Crippen molar-refractivity contribution in [2.75, 3.05) is 19.9 Å². The molecule has 0 bridgehead atoms. The summed E-state index contributed by atoms with van der Waals surface area (Å²) in [6.45, 7) is 2.61. The van der Waals surface area contributed by atoms with Crippen LogP contribution in [0.1, 0.15) is 18.4 Å². The molecule has 1 atom stereocenters. The normalized spacial score (nSPS) is 22.8. The summed E-state index contributed by atoms with van der Waals surface area (Å²) in [5, 5.41) is 3.45. The van der Waals surface area contributed by atoms with Gasteiger partial charge in [-0.25, -0.2) is 0 Å². The Morgan fingerprint density at radius 3 is 3.12 bits per heavy atom. The molecule has 1 unspecified atom stereocenters. The smallest absolute Gasteiger partial charge is 0.231 e. The van der Waals surface area contributed by atoms with Crippen molar-refractivity contribution in [3.63, 3.8) is 0 Å². The maximum absolute atomic E-state index is 5.58. The van der Waals surface area contributed by atoms with Crippen LogP contribution in [0.4, 0.5) is 0 Å². The van der Waals surface area contributed by atoms with Crippen LogP contribution in [-0.2, 0) is 6.42 Å². The quantitative estimate of drug-likeness (QED) is 0.910. The van der Waals surface area contributed by atoms with Gasteiger partial charge in [-0.05, 0) is 50.4 Å². The first kappa shape index (κ1) is 11.4. The Morgan fingerprint density at radius 2 is 2.29 bits per heavy atom. The molecule has 3 nitrogen and oxygen atoms in total. The van der Waals surface area contributed by atoms with E-state index in [1.807, 2.05) is 6.07 Å². The van der Waals surface area contributed by atoms with Gasteiger partial charge in [0.1, 0.15) is 0 Å².